The highest BCUT2D eigenvalue weighted by Crippen LogP contribution is 2.30. The third-order valence-corrected chi connectivity index (χ3v) is 4.51. The van der Waals surface area contributed by atoms with Gasteiger partial charge in [0.15, 0.2) is 0 Å². The lowest BCUT2D eigenvalue weighted by atomic mass is 10.2. The maximum Gasteiger partial charge on any atom is 0.146 e. The van der Waals surface area contributed by atoms with Crippen LogP contribution in [0.2, 0.25) is 5.02 Å². The largest absolute Gasteiger partial charge is 0.486 e. The van der Waals surface area contributed by atoms with Crippen molar-refractivity contribution in [3.05, 3.63) is 57.4 Å². The number of fused-ring (bicyclic) bond motifs is 1. The zero-order chi connectivity index (χ0) is 14.7. The smallest absolute Gasteiger partial charge is 0.146 e. The quantitative estimate of drug-likeness (QED) is 0.763. The van der Waals surface area contributed by atoms with Crippen LogP contribution >= 0.6 is 22.9 Å². The molecule has 1 N–H and O–H groups in total. The highest BCUT2D eigenvalue weighted by Gasteiger charge is 2.07. The van der Waals surface area contributed by atoms with E-state index < -0.39 is 0 Å². The summed E-state index contributed by atoms with van der Waals surface area (Å²) in [5.74, 6) is 0.763. The SMILES string of the molecule is CNCc1ccc(COc2ccc(Cl)c3cccnc23)s1. The van der Waals surface area contributed by atoms with Crippen molar-refractivity contribution in [1.82, 2.24) is 10.3 Å². The number of aromatic nitrogens is 1. The minimum Gasteiger partial charge on any atom is -0.486 e. The molecule has 0 aliphatic carbocycles. The Kier molecular flexibility index (Phi) is 4.39. The summed E-state index contributed by atoms with van der Waals surface area (Å²) in [7, 11) is 1.95. The molecule has 0 saturated heterocycles. The van der Waals surface area contributed by atoms with Crippen LogP contribution in [0.3, 0.4) is 0 Å². The number of nitrogens with one attached hydrogen (secondary N) is 1. The van der Waals surface area contributed by atoms with Gasteiger partial charge in [-0.3, -0.25) is 4.98 Å². The van der Waals surface area contributed by atoms with Crippen molar-refractivity contribution in [3.8, 4) is 5.75 Å². The highest BCUT2D eigenvalue weighted by atomic mass is 35.5. The molecule has 0 aliphatic heterocycles. The van der Waals surface area contributed by atoms with E-state index in [0.29, 0.717) is 11.6 Å². The van der Waals surface area contributed by atoms with E-state index in [4.69, 9.17) is 16.3 Å². The monoisotopic (exact) mass is 318 g/mol. The molecule has 108 valence electrons. The Labute approximate surface area is 132 Å². The first-order valence-electron chi connectivity index (χ1n) is 6.66. The third-order valence-electron chi connectivity index (χ3n) is 3.12. The summed E-state index contributed by atoms with van der Waals surface area (Å²) >= 11 is 7.94. The minimum atomic E-state index is 0.543. The Hall–Kier alpha value is -1.62. The molecule has 0 unspecified atom stereocenters. The Morgan fingerprint density at radius 2 is 2.05 bits per heavy atom. The van der Waals surface area contributed by atoms with Gasteiger partial charge in [-0.05, 0) is 43.4 Å². The fraction of sp³-hybridized carbons (Fsp3) is 0.188. The minimum absolute atomic E-state index is 0.543. The molecule has 0 amide bonds. The van der Waals surface area contributed by atoms with Crippen LogP contribution in [0.15, 0.2) is 42.6 Å². The summed E-state index contributed by atoms with van der Waals surface area (Å²) in [4.78, 5) is 6.87. The molecule has 0 bridgehead atoms. The second kappa shape index (κ2) is 6.43. The molecule has 3 aromatic rings. The lowest BCUT2D eigenvalue weighted by molar-refractivity contribution is 0.313. The first-order valence-corrected chi connectivity index (χ1v) is 7.85. The molecular formula is C16H15ClN2OS. The maximum absolute atomic E-state index is 6.18. The van der Waals surface area contributed by atoms with Gasteiger partial charge in [0.2, 0.25) is 0 Å². The van der Waals surface area contributed by atoms with Crippen molar-refractivity contribution < 1.29 is 4.74 Å². The number of nitrogens with zero attached hydrogens (tertiary/aromatic N) is 1. The van der Waals surface area contributed by atoms with E-state index in [1.165, 1.54) is 9.75 Å². The lowest BCUT2D eigenvalue weighted by Gasteiger charge is -2.08. The van der Waals surface area contributed by atoms with E-state index in [1.54, 1.807) is 17.5 Å². The topological polar surface area (TPSA) is 34.1 Å². The van der Waals surface area contributed by atoms with Crippen molar-refractivity contribution >= 4 is 33.8 Å². The summed E-state index contributed by atoms with van der Waals surface area (Å²) < 4.78 is 5.92. The van der Waals surface area contributed by atoms with Gasteiger partial charge >= 0.3 is 0 Å². The molecule has 0 spiro atoms. The summed E-state index contributed by atoms with van der Waals surface area (Å²) in [6.07, 6.45) is 1.75. The predicted molar refractivity (Wildman–Crippen MR) is 88.2 cm³/mol. The van der Waals surface area contributed by atoms with Crippen LogP contribution in [0.5, 0.6) is 5.75 Å². The van der Waals surface area contributed by atoms with Crippen LogP contribution in [0.1, 0.15) is 9.75 Å². The Morgan fingerprint density at radius 3 is 2.90 bits per heavy atom. The van der Waals surface area contributed by atoms with Crippen LogP contribution in [-0.2, 0) is 13.2 Å². The van der Waals surface area contributed by atoms with Crippen LogP contribution < -0.4 is 10.1 Å². The van der Waals surface area contributed by atoms with Gasteiger partial charge in [0, 0.05) is 27.9 Å². The third kappa shape index (κ3) is 3.18. The molecule has 3 nitrogen and oxygen atoms in total. The van der Waals surface area contributed by atoms with Crippen LogP contribution in [0.4, 0.5) is 0 Å². The number of pyridine rings is 1. The van der Waals surface area contributed by atoms with Crippen molar-refractivity contribution in [2.75, 3.05) is 7.05 Å². The number of thiophene rings is 1. The van der Waals surface area contributed by atoms with E-state index in [1.807, 2.05) is 31.3 Å². The first-order chi connectivity index (χ1) is 10.3. The molecular weight excluding hydrogens is 304 g/mol. The molecule has 0 aliphatic rings. The predicted octanol–water partition coefficient (Wildman–Crippen LogP) is 4.25. The molecule has 0 fully saturated rings. The van der Waals surface area contributed by atoms with E-state index >= 15 is 0 Å². The van der Waals surface area contributed by atoms with Crippen LogP contribution in [-0.4, -0.2) is 12.0 Å². The molecule has 2 aromatic heterocycles. The summed E-state index contributed by atoms with van der Waals surface area (Å²) in [6, 6.07) is 11.8. The number of benzene rings is 1. The van der Waals surface area contributed by atoms with E-state index in [2.05, 4.69) is 22.4 Å². The summed E-state index contributed by atoms with van der Waals surface area (Å²) in [5, 5.41) is 4.75. The normalized spacial score (nSPS) is 11.0. The molecule has 0 saturated carbocycles. The zero-order valence-electron chi connectivity index (χ0n) is 11.6. The van der Waals surface area contributed by atoms with E-state index in [-0.39, 0.29) is 0 Å². The molecule has 5 heteroatoms. The summed E-state index contributed by atoms with van der Waals surface area (Å²) in [5.41, 5.74) is 0.803. The lowest BCUT2D eigenvalue weighted by Crippen LogP contribution is -2.02. The van der Waals surface area contributed by atoms with Crippen molar-refractivity contribution in [3.63, 3.8) is 0 Å². The van der Waals surface area contributed by atoms with Gasteiger partial charge < -0.3 is 10.1 Å². The van der Waals surface area contributed by atoms with E-state index in [0.717, 1.165) is 23.2 Å². The average molecular weight is 319 g/mol. The highest BCUT2D eigenvalue weighted by molar-refractivity contribution is 7.11. The van der Waals surface area contributed by atoms with Gasteiger partial charge in [0.05, 0.1) is 5.02 Å². The number of rotatable bonds is 5. The average Bonchev–Trinajstić information content (AvgIpc) is 2.95. The van der Waals surface area contributed by atoms with Crippen molar-refractivity contribution in [2.24, 2.45) is 0 Å². The van der Waals surface area contributed by atoms with Gasteiger partial charge in [-0.25, -0.2) is 0 Å². The van der Waals surface area contributed by atoms with Crippen molar-refractivity contribution in [1.29, 1.82) is 0 Å². The Bertz CT molecular complexity index is 757. The fourth-order valence-electron chi connectivity index (χ4n) is 2.15. The standard InChI is InChI=1S/C16H15ClN2OS/c1-18-9-11-4-5-12(21-11)10-20-15-7-6-14(17)13-3-2-8-19-16(13)15/h2-8,18H,9-10H2,1H3. The number of ether oxygens (including phenoxy) is 1. The van der Waals surface area contributed by atoms with Gasteiger partial charge in [-0.1, -0.05) is 11.6 Å². The van der Waals surface area contributed by atoms with Gasteiger partial charge in [-0.2, -0.15) is 0 Å². The van der Waals surface area contributed by atoms with E-state index in [9.17, 15) is 0 Å². The zero-order valence-corrected chi connectivity index (χ0v) is 13.2. The van der Waals surface area contributed by atoms with Crippen molar-refractivity contribution in [2.45, 2.75) is 13.2 Å². The van der Waals surface area contributed by atoms with Crippen LogP contribution in [0, 0.1) is 0 Å². The molecule has 3 rings (SSSR count). The second-order valence-electron chi connectivity index (χ2n) is 4.63. The maximum atomic E-state index is 6.18. The number of halogens is 1. The van der Waals surface area contributed by atoms with Gasteiger partial charge in [0.1, 0.15) is 17.9 Å². The Morgan fingerprint density at radius 1 is 1.19 bits per heavy atom. The van der Waals surface area contributed by atoms with Gasteiger partial charge in [0.25, 0.3) is 0 Å². The number of hydrogen-bond donors (Lipinski definition) is 1. The van der Waals surface area contributed by atoms with Crippen LogP contribution in [0.25, 0.3) is 10.9 Å². The molecule has 0 radical (unpaired) electrons. The molecule has 21 heavy (non-hydrogen) atoms. The first kappa shape index (κ1) is 14.3. The number of hydrogen-bond acceptors (Lipinski definition) is 4. The Balaban J connectivity index is 1.80. The fourth-order valence-corrected chi connectivity index (χ4v) is 3.31. The van der Waals surface area contributed by atoms with Gasteiger partial charge in [-0.15, -0.1) is 11.3 Å². The molecule has 2 heterocycles. The second-order valence-corrected chi connectivity index (χ2v) is 6.29. The molecule has 1 aromatic carbocycles. The molecule has 0 atom stereocenters. The summed E-state index contributed by atoms with van der Waals surface area (Å²) in [6.45, 7) is 1.43.